The first kappa shape index (κ1) is 6.88. The molecule has 1 atom stereocenters. The molecule has 0 radical (unpaired) electrons. The average Bonchev–Trinajstić information content (AvgIpc) is 2.13. The van der Waals surface area contributed by atoms with Crippen LogP contribution in [0, 0.1) is 0 Å². The number of rotatable bonds is 1. The van der Waals surface area contributed by atoms with Crippen molar-refractivity contribution in [1.82, 2.24) is 4.81 Å². The zero-order chi connectivity index (χ0) is 6.85. The van der Waals surface area contributed by atoms with Crippen LogP contribution in [0.5, 0.6) is 0 Å². The van der Waals surface area contributed by atoms with Gasteiger partial charge in [0.25, 0.3) is 0 Å². The summed E-state index contributed by atoms with van der Waals surface area (Å²) in [6.07, 6.45) is 5.80. The summed E-state index contributed by atoms with van der Waals surface area (Å²) in [5.41, 5.74) is 0. The Bertz CT molecular complexity index is 120. The second-order valence-corrected chi connectivity index (χ2v) is 3.05. The van der Waals surface area contributed by atoms with Crippen molar-refractivity contribution in [3.63, 3.8) is 0 Å². The van der Waals surface area contributed by atoms with Crippen molar-refractivity contribution in [1.29, 1.82) is 0 Å². The topological polar surface area (TPSA) is 3.24 Å². The van der Waals surface area contributed by atoms with Gasteiger partial charge in [0.2, 0.25) is 6.85 Å². The van der Waals surface area contributed by atoms with E-state index in [-0.39, 0.29) is 0 Å². The molecule has 50 valence electrons. The highest BCUT2D eigenvalue weighted by Gasteiger charge is 2.24. The van der Waals surface area contributed by atoms with Crippen LogP contribution in [0.15, 0.2) is 12.2 Å². The zero-order valence-corrected chi connectivity index (χ0v) is 6.46. The fourth-order valence-corrected chi connectivity index (χ4v) is 1.46. The van der Waals surface area contributed by atoms with Crippen molar-refractivity contribution in [2.24, 2.45) is 0 Å². The van der Waals surface area contributed by atoms with Crippen molar-refractivity contribution in [3.8, 4) is 0 Å². The van der Waals surface area contributed by atoms with E-state index in [0.29, 0.717) is 0 Å². The predicted molar refractivity (Wildman–Crippen MR) is 42.8 cm³/mol. The molecule has 0 aromatic heterocycles. The van der Waals surface area contributed by atoms with E-state index in [1.807, 2.05) is 0 Å². The summed E-state index contributed by atoms with van der Waals surface area (Å²) in [5.74, 6) is 0.750. The highest BCUT2D eigenvalue weighted by atomic mass is 15.0. The second-order valence-electron chi connectivity index (χ2n) is 3.05. The van der Waals surface area contributed by atoms with Gasteiger partial charge in [-0.15, -0.1) is 0 Å². The molecule has 0 saturated carbocycles. The van der Waals surface area contributed by atoms with Gasteiger partial charge in [-0.3, -0.25) is 0 Å². The van der Waals surface area contributed by atoms with E-state index in [1.54, 1.807) is 0 Å². The van der Waals surface area contributed by atoms with Gasteiger partial charge in [-0.2, -0.15) is 0 Å². The Morgan fingerprint density at radius 2 is 2.22 bits per heavy atom. The minimum atomic E-state index is 0.750. The molecule has 0 N–H and O–H groups in total. The predicted octanol–water partition coefficient (Wildman–Crippen LogP) is 1.50. The normalized spacial score (nSPS) is 26.2. The number of hydrogen-bond acceptors (Lipinski definition) is 1. The average molecular weight is 123 g/mol. The van der Waals surface area contributed by atoms with Gasteiger partial charge in [0.15, 0.2) is 0 Å². The lowest BCUT2D eigenvalue weighted by Crippen LogP contribution is -2.32. The number of nitrogens with zero attached hydrogens (tertiary/aromatic N) is 1. The molecule has 0 aromatic carbocycles. The van der Waals surface area contributed by atoms with Crippen molar-refractivity contribution < 1.29 is 0 Å². The molecule has 1 heterocycles. The third-order valence-electron chi connectivity index (χ3n) is 2.09. The van der Waals surface area contributed by atoms with Crippen LogP contribution < -0.4 is 0 Å². The molecule has 9 heavy (non-hydrogen) atoms. The quantitative estimate of drug-likeness (QED) is 0.377. The summed E-state index contributed by atoms with van der Waals surface area (Å²) in [5, 5.41) is 0. The van der Waals surface area contributed by atoms with Crippen molar-refractivity contribution in [2.45, 2.75) is 19.1 Å². The lowest BCUT2D eigenvalue weighted by Gasteiger charge is -2.18. The summed E-state index contributed by atoms with van der Waals surface area (Å²) >= 11 is 0. The molecule has 0 bridgehead atoms. The summed E-state index contributed by atoms with van der Waals surface area (Å²) in [4.78, 5) is 2.30. The third-order valence-corrected chi connectivity index (χ3v) is 2.09. The van der Waals surface area contributed by atoms with Crippen LogP contribution in [-0.4, -0.2) is 25.8 Å². The second kappa shape index (κ2) is 2.57. The molecule has 1 aliphatic rings. The lowest BCUT2D eigenvalue weighted by atomic mass is 9.52. The summed E-state index contributed by atoms with van der Waals surface area (Å²) in [6.45, 7) is 3.03. The van der Waals surface area contributed by atoms with Crippen LogP contribution in [0.25, 0.3) is 0 Å². The highest BCUT2D eigenvalue weighted by Crippen LogP contribution is 2.23. The maximum absolute atomic E-state index is 2.30. The molecule has 1 rings (SSSR count). The van der Waals surface area contributed by atoms with E-state index in [0.717, 1.165) is 12.7 Å². The smallest absolute Gasteiger partial charge is 0.233 e. The SMILES string of the molecule is CC1C=CCB1N(C)C. The fourth-order valence-electron chi connectivity index (χ4n) is 1.46. The molecule has 1 nitrogen and oxygen atoms in total. The summed E-state index contributed by atoms with van der Waals surface area (Å²) < 4.78 is 0. The number of allylic oxidation sites excluding steroid dienone is 2. The summed E-state index contributed by atoms with van der Waals surface area (Å²) in [6, 6.07) is 0. The molecule has 0 amide bonds. The Morgan fingerprint density at radius 1 is 1.56 bits per heavy atom. The first-order chi connectivity index (χ1) is 4.22. The minimum Gasteiger partial charge on any atom is -0.347 e. The van der Waals surface area contributed by atoms with Crippen LogP contribution >= 0.6 is 0 Å². The van der Waals surface area contributed by atoms with Crippen LogP contribution in [0.2, 0.25) is 12.1 Å². The lowest BCUT2D eigenvalue weighted by molar-refractivity contribution is 0.631. The fraction of sp³-hybridized carbons (Fsp3) is 0.714. The summed E-state index contributed by atoms with van der Waals surface area (Å²) in [7, 11) is 4.29. The molecule has 0 spiro atoms. The van der Waals surface area contributed by atoms with Crippen LogP contribution in [0.4, 0.5) is 0 Å². The molecule has 0 aromatic rings. The molecule has 1 aliphatic heterocycles. The molecular formula is C7H14BN. The van der Waals surface area contributed by atoms with Crippen molar-refractivity contribution >= 4 is 6.85 Å². The molecule has 0 fully saturated rings. The van der Waals surface area contributed by atoms with Gasteiger partial charge in [0.05, 0.1) is 0 Å². The van der Waals surface area contributed by atoms with Gasteiger partial charge in [-0.25, -0.2) is 0 Å². The van der Waals surface area contributed by atoms with Crippen LogP contribution in [-0.2, 0) is 0 Å². The van der Waals surface area contributed by atoms with Crippen LogP contribution in [0.3, 0.4) is 0 Å². The van der Waals surface area contributed by atoms with E-state index in [2.05, 4.69) is 38.0 Å². The third kappa shape index (κ3) is 1.36. The monoisotopic (exact) mass is 123 g/mol. The highest BCUT2D eigenvalue weighted by molar-refractivity contribution is 6.59. The maximum Gasteiger partial charge on any atom is 0.233 e. The standard InChI is InChI=1S/C7H14BN/c1-7-5-4-6-8(7)9(2)3/h4-5,7H,6H2,1-3H3. The molecular weight excluding hydrogens is 109 g/mol. The Morgan fingerprint density at radius 3 is 2.44 bits per heavy atom. The van der Waals surface area contributed by atoms with E-state index in [1.165, 1.54) is 6.32 Å². The van der Waals surface area contributed by atoms with E-state index < -0.39 is 0 Å². The van der Waals surface area contributed by atoms with Crippen LogP contribution in [0.1, 0.15) is 6.92 Å². The van der Waals surface area contributed by atoms with E-state index >= 15 is 0 Å². The van der Waals surface area contributed by atoms with Gasteiger partial charge >= 0.3 is 0 Å². The molecule has 2 heteroatoms. The first-order valence-electron chi connectivity index (χ1n) is 3.55. The maximum atomic E-state index is 2.30. The van der Waals surface area contributed by atoms with Crippen molar-refractivity contribution in [3.05, 3.63) is 12.2 Å². The van der Waals surface area contributed by atoms with Gasteiger partial charge in [-0.05, 0) is 26.2 Å². The van der Waals surface area contributed by atoms with E-state index in [9.17, 15) is 0 Å². The zero-order valence-electron chi connectivity index (χ0n) is 6.46. The Balaban J connectivity index is 2.45. The minimum absolute atomic E-state index is 0.750. The molecule has 0 saturated heterocycles. The van der Waals surface area contributed by atoms with Gasteiger partial charge in [-0.1, -0.05) is 19.1 Å². The first-order valence-corrected chi connectivity index (χ1v) is 3.55. The Kier molecular flexibility index (Phi) is 1.96. The van der Waals surface area contributed by atoms with Gasteiger partial charge in [0.1, 0.15) is 0 Å². The molecule has 0 aliphatic carbocycles. The largest absolute Gasteiger partial charge is 0.347 e. The molecule has 1 unspecified atom stereocenters. The van der Waals surface area contributed by atoms with Gasteiger partial charge < -0.3 is 4.81 Å². The Hall–Kier alpha value is -0.235. The van der Waals surface area contributed by atoms with Crippen molar-refractivity contribution in [2.75, 3.05) is 14.1 Å². The van der Waals surface area contributed by atoms with E-state index in [4.69, 9.17) is 0 Å². The van der Waals surface area contributed by atoms with Gasteiger partial charge in [0, 0.05) is 0 Å². The Labute approximate surface area is 57.8 Å². The number of hydrogen-bond donors (Lipinski definition) is 0.